The lowest BCUT2D eigenvalue weighted by Gasteiger charge is -2.34. The van der Waals surface area contributed by atoms with Crippen LogP contribution in [0.5, 0.6) is 0 Å². The number of halogens is 1. The zero-order valence-corrected chi connectivity index (χ0v) is 13.5. The van der Waals surface area contributed by atoms with Crippen molar-refractivity contribution in [2.24, 2.45) is 0 Å². The minimum atomic E-state index is -0.413. The van der Waals surface area contributed by atoms with Crippen molar-refractivity contribution in [2.75, 3.05) is 11.4 Å². The van der Waals surface area contributed by atoms with E-state index in [0.717, 1.165) is 16.6 Å². The SMILES string of the molecule is CCC1CCCCCN1c1cc(Br)ccc1C(C)O. The number of hydrogen-bond acceptors (Lipinski definition) is 2. The molecule has 1 aliphatic rings. The molecule has 0 aromatic heterocycles. The molecule has 0 amide bonds. The molecule has 0 spiro atoms. The predicted octanol–water partition coefficient (Wildman–Crippen LogP) is 4.66. The second kappa shape index (κ2) is 6.76. The molecule has 1 saturated heterocycles. The molecule has 3 heteroatoms. The molecule has 2 nitrogen and oxygen atoms in total. The van der Waals surface area contributed by atoms with Gasteiger partial charge in [0.15, 0.2) is 0 Å². The molecule has 106 valence electrons. The molecule has 0 radical (unpaired) electrons. The maximum absolute atomic E-state index is 10.0. The molecule has 1 heterocycles. The Kier molecular flexibility index (Phi) is 5.28. The van der Waals surface area contributed by atoms with Crippen LogP contribution in [0.4, 0.5) is 5.69 Å². The first-order valence-electron chi connectivity index (χ1n) is 7.37. The van der Waals surface area contributed by atoms with E-state index in [4.69, 9.17) is 0 Å². The monoisotopic (exact) mass is 325 g/mol. The fourth-order valence-corrected chi connectivity index (χ4v) is 3.39. The average molecular weight is 326 g/mol. The van der Waals surface area contributed by atoms with E-state index in [2.05, 4.69) is 33.8 Å². The summed E-state index contributed by atoms with van der Waals surface area (Å²) in [6.45, 7) is 5.23. The average Bonchev–Trinajstić information content (AvgIpc) is 2.63. The third-order valence-corrected chi connectivity index (χ3v) is 4.59. The van der Waals surface area contributed by atoms with Gasteiger partial charge in [-0.25, -0.2) is 0 Å². The Hall–Kier alpha value is -0.540. The Morgan fingerprint density at radius 1 is 1.37 bits per heavy atom. The summed E-state index contributed by atoms with van der Waals surface area (Å²) in [5.41, 5.74) is 2.25. The number of anilines is 1. The highest BCUT2D eigenvalue weighted by atomic mass is 79.9. The number of aliphatic hydroxyl groups is 1. The van der Waals surface area contributed by atoms with E-state index in [1.54, 1.807) is 0 Å². The van der Waals surface area contributed by atoms with Crippen LogP contribution >= 0.6 is 15.9 Å². The molecule has 0 saturated carbocycles. The zero-order valence-electron chi connectivity index (χ0n) is 11.9. The van der Waals surface area contributed by atoms with Crippen molar-refractivity contribution in [3.05, 3.63) is 28.2 Å². The van der Waals surface area contributed by atoms with Crippen molar-refractivity contribution in [3.63, 3.8) is 0 Å². The van der Waals surface area contributed by atoms with Crippen molar-refractivity contribution in [2.45, 2.75) is 58.1 Å². The van der Waals surface area contributed by atoms with Crippen LogP contribution in [0, 0.1) is 0 Å². The number of nitrogens with zero attached hydrogens (tertiary/aromatic N) is 1. The molecule has 2 unspecified atom stereocenters. The molecular weight excluding hydrogens is 302 g/mol. The minimum Gasteiger partial charge on any atom is -0.389 e. The van der Waals surface area contributed by atoms with Gasteiger partial charge in [-0.15, -0.1) is 0 Å². The van der Waals surface area contributed by atoms with Gasteiger partial charge >= 0.3 is 0 Å². The maximum atomic E-state index is 10.0. The Balaban J connectivity index is 2.39. The van der Waals surface area contributed by atoms with Gasteiger partial charge < -0.3 is 10.0 Å². The molecule has 2 rings (SSSR count). The van der Waals surface area contributed by atoms with Gasteiger partial charge in [-0.3, -0.25) is 0 Å². The van der Waals surface area contributed by atoms with Crippen LogP contribution in [0.15, 0.2) is 22.7 Å². The summed E-state index contributed by atoms with van der Waals surface area (Å²) in [5.74, 6) is 0. The topological polar surface area (TPSA) is 23.5 Å². The van der Waals surface area contributed by atoms with Gasteiger partial charge in [0, 0.05) is 28.3 Å². The Labute approximate surface area is 124 Å². The van der Waals surface area contributed by atoms with Gasteiger partial charge in [-0.05, 0) is 38.3 Å². The van der Waals surface area contributed by atoms with E-state index in [1.165, 1.54) is 37.8 Å². The van der Waals surface area contributed by atoms with Gasteiger partial charge in [-0.2, -0.15) is 0 Å². The third-order valence-electron chi connectivity index (χ3n) is 4.10. The lowest BCUT2D eigenvalue weighted by atomic mass is 10.0. The summed E-state index contributed by atoms with van der Waals surface area (Å²) in [4.78, 5) is 2.51. The van der Waals surface area contributed by atoms with Crippen molar-refractivity contribution < 1.29 is 5.11 Å². The van der Waals surface area contributed by atoms with Gasteiger partial charge in [0.2, 0.25) is 0 Å². The molecule has 1 fully saturated rings. The van der Waals surface area contributed by atoms with Crippen molar-refractivity contribution in [3.8, 4) is 0 Å². The van der Waals surface area contributed by atoms with Crippen LogP contribution in [0.3, 0.4) is 0 Å². The zero-order chi connectivity index (χ0) is 13.8. The fourth-order valence-electron chi connectivity index (χ4n) is 3.04. The van der Waals surface area contributed by atoms with E-state index in [0.29, 0.717) is 6.04 Å². The Morgan fingerprint density at radius 3 is 2.84 bits per heavy atom. The largest absolute Gasteiger partial charge is 0.389 e. The van der Waals surface area contributed by atoms with Crippen LogP contribution in [-0.4, -0.2) is 17.7 Å². The normalized spacial score (nSPS) is 22.1. The highest BCUT2D eigenvalue weighted by molar-refractivity contribution is 9.10. The van der Waals surface area contributed by atoms with Crippen molar-refractivity contribution >= 4 is 21.6 Å². The summed E-state index contributed by atoms with van der Waals surface area (Å²) in [6, 6.07) is 6.83. The molecular formula is C16H24BrNO. The van der Waals surface area contributed by atoms with Crippen LogP contribution in [0.1, 0.15) is 57.6 Å². The van der Waals surface area contributed by atoms with E-state index in [-0.39, 0.29) is 0 Å². The summed E-state index contributed by atoms with van der Waals surface area (Å²) >= 11 is 3.57. The van der Waals surface area contributed by atoms with Crippen LogP contribution < -0.4 is 4.90 Å². The van der Waals surface area contributed by atoms with Gasteiger partial charge in [-0.1, -0.05) is 41.8 Å². The molecule has 1 aromatic carbocycles. The second-order valence-corrected chi connectivity index (χ2v) is 6.40. The Morgan fingerprint density at radius 2 is 2.16 bits per heavy atom. The summed E-state index contributed by atoms with van der Waals surface area (Å²) in [7, 11) is 0. The van der Waals surface area contributed by atoms with E-state index in [9.17, 15) is 5.11 Å². The maximum Gasteiger partial charge on any atom is 0.0782 e. The first kappa shape index (κ1) is 14.9. The molecule has 1 N–H and O–H groups in total. The summed E-state index contributed by atoms with van der Waals surface area (Å²) in [5, 5.41) is 10.0. The lowest BCUT2D eigenvalue weighted by Crippen LogP contribution is -2.35. The fraction of sp³-hybridized carbons (Fsp3) is 0.625. The number of benzene rings is 1. The van der Waals surface area contributed by atoms with E-state index < -0.39 is 6.10 Å². The molecule has 19 heavy (non-hydrogen) atoms. The van der Waals surface area contributed by atoms with Gasteiger partial charge in [0.25, 0.3) is 0 Å². The van der Waals surface area contributed by atoms with Crippen LogP contribution in [-0.2, 0) is 0 Å². The highest BCUT2D eigenvalue weighted by Crippen LogP contribution is 2.34. The predicted molar refractivity (Wildman–Crippen MR) is 84.7 cm³/mol. The number of hydrogen-bond donors (Lipinski definition) is 1. The number of rotatable bonds is 3. The molecule has 2 atom stereocenters. The second-order valence-electron chi connectivity index (χ2n) is 5.48. The van der Waals surface area contributed by atoms with E-state index in [1.807, 2.05) is 19.1 Å². The van der Waals surface area contributed by atoms with Gasteiger partial charge in [0.05, 0.1) is 6.10 Å². The molecule has 0 bridgehead atoms. The minimum absolute atomic E-state index is 0.413. The smallest absolute Gasteiger partial charge is 0.0782 e. The third kappa shape index (κ3) is 3.51. The number of aliphatic hydroxyl groups excluding tert-OH is 1. The molecule has 0 aliphatic carbocycles. The van der Waals surface area contributed by atoms with E-state index >= 15 is 0 Å². The first-order chi connectivity index (χ1) is 9.13. The van der Waals surface area contributed by atoms with Crippen LogP contribution in [0.25, 0.3) is 0 Å². The van der Waals surface area contributed by atoms with Crippen LogP contribution in [0.2, 0.25) is 0 Å². The standard InChI is InChI=1S/C16H24BrNO/c1-3-14-7-5-4-6-10-18(14)16-11-13(17)8-9-15(16)12(2)19/h8-9,11-12,14,19H,3-7,10H2,1-2H3. The summed E-state index contributed by atoms with van der Waals surface area (Å²) in [6.07, 6.45) is 5.93. The quantitative estimate of drug-likeness (QED) is 0.873. The van der Waals surface area contributed by atoms with Crippen molar-refractivity contribution in [1.29, 1.82) is 0 Å². The molecule has 1 aliphatic heterocycles. The van der Waals surface area contributed by atoms with Crippen molar-refractivity contribution in [1.82, 2.24) is 0 Å². The lowest BCUT2D eigenvalue weighted by molar-refractivity contribution is 0.199. The highest BCUT2D eigenvalue weighted by Gasteiger charge is 2.23. The Bertz CT molecular complexity index is 419. The van der Waals surface area contributed by atoms with Gasteiger partial charge in [0.1, 0.15) is 0 Å². The first-order valence-corrected chi connectivity index (χ1v) is 8.17. The molecule has 1 aromatic rings. The summed E-state index contributed by atoms with van der Waals surface area (Å²) < 4.78 is 1.09.